The number of carboxylic acid groups (broad SMARTS) is 1. The van der Waals surface area contributed by atoms with Crippen LogP contribution in [0.1, 0.15) is 83.1 Å². The summed E-state index contributed by atoms with van der Waals surface area (Å²) in [7, 11) is 0. The summed E-state index contributed by atoms with van der Waals surface area (Å²) in [4.78, 5) is 24.8. The number of benzene rings is 1. The summed E-state index contributed by atoms with van der Waals surface area (Å²) < 4.78 is 0. The molecule has 0 saturated carbocycles. The molecule has 1 fully saturated rings. The van der Waals surface area contributed by atoms with Crippen molar-refractivity contribution in [1.29, 1.82) is 0 Å². The third-order valence-electron chi connectivity index (χ3n) is 6.41. The highest BCUT2D eigenvalue weighted by molar-refractivity contribution is 5.78. The van der Waals surface area contributed by atoms with E-state index in [4.69, 9.17) is 5.11 Å². The monoisotopic (exact) mass is 417 g/mol. The molecule has 1 aromatic rings. The van der Waals surface area contributed by atoms with Crippen LogP contribution in [-0.4, -0.2) is 45.7 Å². The second kappa shape index (κ2) is 13.4. The van der Waals surface area contributed by atoms with E-state index < -0.39 is 5.97 Å². The van der Waals surface area contributed by atoms with Gasteiger partial charge >= 0.3 is 5.97 Å². The first-order chi connectivity index (χ1) is 14.5. The summed E-state index contributed by atoms with van der Waals surface area (Å²) in [5, 5.41) is 19.3. The summed E-state index contributed by atoms with van der Waals surface area (Å²) in [5.74, 6) is -0.234. The predicted molar refractivity (Wildman–Crippen MR) is 119 cm³/mol. The average molecular weight is 418 g/mol. The van der Waals surface area contributed by atoms with Crippen molar-refractivity contribution in [3.8, 4) is 0 Å². The van der Waals surface area contributed by atoms with Crippen molar-refractivity contribution in [3.63, 3.8) is 0 Å². The summed E-state index contributed by atoms with van der Waals surface area (Å²) in [5.41, 5.74) is 1.35. The van der Waals surface area contributed by atoms with Crippen molar-refractivity contribution in [1.82, 2.24) is 4.90 Å². The number of unbranched alkanes of at least 4 members (excludes halogenated alkanes) is 3. The molecule has 0 radical (unpaired) electrons. The van der Waals surface area contributed by atoms with Gasteiger partial charge in [-0.1, -0.05) is 50.1 Å². The molecule has 1 amide bonds. The van der Waals surface area contributed by atoms with Crippen molar-refractivity contribution < 1.29 is 19.8 Å². The lowest BCUT2D eigenvalue weighted by Gasteiger charge is -2.27. The van der Waals surface area contributed by atoms with Crippen molar-refractivity contribution in [2.24, 2.45) is 5.92 Å². The highest BCUT2D eigenvalue weighted by Crippen LogP contribution is 2.26. The summed E-state index contributed by atoms with van der Waals surface area (Å²) in [6.07, 6.45) is 9.70. The first-order valence-electron chi connectivity index (χ1n) is 11.7. The van der Waals surface area contributed by atoms with E-state index in [1.54, 1.807) is 0 Å². The molecule has 2 N–H and O–H groups in total. The number of carbonyl (C=O) groups excluding carboxylic acids is 1. The van der Waals surface area contributed by atoms with E-state index in [9.17, 15) is 14.7 Å². The van der Waals surface area contributed by atoms with Crippen LogP contribution in [-0.2, 0) is 16.0 Å². The number of aliphatic hydroxyl groups excluding tert-OH is 1. The van der Waals surface area contributed by atoms with Gasteiger partial charge in [0.25, 0.3) is 0 Å². The molecule has 1 aliphatic heterocycles. The van der Waals surface area contributed by atoms with Gasteiger partial charge in [0, 0.05) is 25.4 Å². The number of rotatable bonds is 15. The van der Waals surface area contributed by atoms with Crippen LogP contribution in [0.3, 0.4) is 0 Å². The van der Waals surface area contributed by atoms with Crippen LogP contribution in [0.5, 0.6) is 0 Å². The summed E-state index contributed by atoms with van der Waals surface area (Å²) in [6, 6.07) is 10.7. The van der Waals surface area contributed by atoms with Gasteiger partial charge in [-0.05, 0) is 62.8 Å². The Labute approximate surface area is 181 Å². The quantitative estimate of drug-likeness (QED) is 0.401. The molecule has 1 heterocycles. The maximum absolute atomic E-state index is 12.2. The highest BCUT2D eigenvalue weighted by Gasteiger charge is 2.30. The van der Waals surface area contributed by atoms with E-state index in [2.05, 4.69) is 31.2 Å². The van der Waals surface area contributed by atoms with Crippen LogP contribution in [0.4, 0.5) is 0 Å². The zero-order chi connectivity index (χ0) is 21.8. The molecule has 1 aliphatic rings. The number of aliphatic carboxylic acids is 1. The second-order valence-electron chi connectivity index (χ2n) is 8.84. The van der Waals surface area contributed by atoms with E-state index in [1.165, 1.54) is 5.56 Å². The Morgan fingerprint density at radius 1 is 1.10 bits per heavy atom. The highest BCUT2D eigenvalue weighted by atomic mass is 16.4. The van der Waals surface area contributed by atoms with Crippen LogP contribution in [0.15, 0.2) is 30.3 Å². The molecule has 1 unspecified atom stereocenters. The lowest BCUT2D eigenvalue weighted by atomic mass is 9.92. The van der Waals surface area contributed by atoms with Crippen LogP contribution in [0.2, 0.25) is 0 Å². The van der Waals surface area contributed by atoms with Crippen molar-refractivity contribution in [2.45, 2.75) is 96.1 Å². The molecular weight excluding hydrogens is 378 g/mol. The average Bonchev–Trinajstić information content (AvgIpc) is 3.08. The number of nitrogens with zero attached hydrogens (tertiary/aromatic N) is 1. The Morgan fingerprint density at radius 2 is 1.83 bits per heavy atom. The van der Waals surface area contributed by atoms with E-state index in [-0.39, 0.29) is 30.4 Å². The van der Waals surface area contributed by atoms with Crippen LogP contribution in [0.25, 0.3) is 0 Å². The molecule has 168 valence electrons. The molecule has 30 heavy (non-hydrogen) atoms. The van der Waals surface area contributed by atoms with Crippen molar-refractivity contribution in [3.05, 3.63) is 35.9 Å². The molecule has 0 aliphatic carbocycles. The standard InChI is InChI=1S/C25H39NO4/c1-20(10-9-13-21-11-5-4-6-12-21)23(27)17-15-22-16-18-24(28)26(22)19-8-3-2-7-14-25(29)30/h4-6,11-12,20,22-23,27H,2-3,7-10,13-19H2,1H3,(H,29,30)/t20-,22?,23+/m0/s1. The van der Waals surface area contributed by atoms with E-state index in [0.717, 1.165) is 64.3 Å². The Hall–Kier alpha value is -1.88. The zero-order valence-corrected chi connectivity index (χ0v) is 18.5. The Kier molecular flexibility index (Phi) is 10.9. The van der Waals surface area contributed by atoms with Gasteiger partial charge in [-0.25, -0.2) is 0 Å². The number of aliphatic hydroxyl groups is 1. The summed E-state index contributed by atoms with van der Waals surface area (Å²) >= 11 is 0. The number of carboxylic acids is 1. The van der Waals surface area contributed by atoms with Gasteiger partial charge in [0.2, 0.25) is 5.91 Å². The number of aryl methyl sites for hydroxylation is 1. The minimum Gasteiger partial charge on any atom is -0.481 e. The lowest BCUT2D eigenvalue weighted by molar-refractivity contribution is -0.137. The first kappa shape index (κ1) is 24.4. The van der Waals surface area contributed by atoms with Crippen molar-refractivity contribution >= 4 is 11.9 Å². The van der Waals surface area contributed by atoms with Gasteiger partial charge in [-0.3, -0.25) is 9.59 Å². The van der Waals surface area contributed by atoms with Gasteiger partial charge in [-0.15, -0.1) is 0 Å². The third-order valence-corrected chi connectivity index (χ3v) is 6.41. The first-order valence-corrected chi connectivity index (χ1v) is 11.7. The Bertz CT molecular complexity index is 633. The summed E-state index contributed by atoms with van der Waals surface area (Å²) in [6.45, 7) is 2.89. The van der Waals surface area contributed by atoms with Gasteiger partial charge in [0.15, 0.2) is 0 Å². The van der Waals surface area contributed by atoms with Crippen LogP contribution in [0, 0.1) is 5.92 Å². The Morgan fingerprint density at radius 3 is 2.57 bits per heavy atom. The molecule has 0 aromatic heterocycles. The smallest absolute Gasteiger partial charge is 0.303 e. The topological polar surface area (TPSA) is 77.8 Å². The van der Waals surface area contributed by atoms with Gasteiger partial charge in [-0.2, -0.15) is 0 Å². The zero-order valence-electron chi connectivity index (χ0n) is 18.5. The minimum absolute atomic E-state index is 0.229. The number of hydrogen-bond donors (Lipinski definition) is 2. The Balaban J connectivity index is 1.63. The molecule has 2 rings (SSSR count). The minimum atomic E-state index is -0.738. The largest absolute Gasteiger partial charge is 0.481 e. The van der Waals surface area contributed by atoms with Crippen molar-refractivity contribution in [2.75, 3.05) is 6.54 Å². The van der Waals surface area contributed by atoms with E-state index in [0.29, 0.717) is 12.8 Å². The normalized spacial score (nSPS) is 18.5. The molecule has 0 spiro atoms. The number of amides is 1. The molecule has 3 atom stereocenters. The SMILES string of the molecule is C[C@@H](CCCc1ccccc1)[C@H](O)CCC1CCC(=O)N1CCCCCCC(=O)O. The van der Waals surface area contributed by atoms with Crippen LogP contribution < -0.4 is 0 Å². The van der Waals surface area contributed by atoms with Gasteiger partial charge < -0.3 is 15.1 Å². The predicted octanol–water partition coefficient (Wildman–Crippen LogP) is 4.81. The molecule has 5 heteroatoms. The molecule has 0 bridgehead atoms. The number of carbonyl (C=O) groups is 2. The fraction of sp³-hybridized carbons (Fsp3) is 0.680. The molecular formula is C25H39NO4. The molecule has 1 saturated heterocycles. The molecule has 1 aromatic carbocycles. The maximum atomic E-state index is 12.2. The second-order valence-corrected chi connectivity index (χ2v) is 8.84. The fourth-order valence-electron chi connectivity index (χ4n) is 4.43. The molecule has 5 nitrogen and oxygen atoms in total. The van der Waals surface area contributed by atoms with Gasteiger partial charge in [0.1, 0.15) is 0 Å². The van der Waals surface area contributed by atoms with E-state index >= 15 is 0 Å². The lowest BCUT2D eigenvalue weighted by Crippen LogP contribution is -2.35. The fourth-order valence-corrected chi connectivity index (χ4v) is 4.43. The van der Waals surface area contributed by atoms with Gasteiger partial charge in [0.05, 0.1) is 6.10 Å². The number of hydrogen-bond acceptors (Lipinski definition) is 3. The van der Waals surface area contributed by atoms with E-state index in [1.807, 2.05) is 11.0 Å². The third kappa shape index (κ3) is 8.86. The van der Waals surface area contributed by atoms with Crippen LogP contribution >= 0.6 is 0 Å². The number of likely N-dealkylation sites (tertiary alicyclic amines) is 1. The maximum Gasteiger partial charge on any atom is 0.303 e.